The predicted octanol–water partition coefficient (Wildman–Crippen LogP) is 3.36. The van der Waals surface area contributed by atoms with Gasteiger partial charge in [0.25, 0.3) is 5.91 Å². The van der Waals surface area contributed by atoms with Gasteiger partial charge in [-0.25, -0.2) is 13.2 Å². The van der Waals surface area contributed by atoms with Crippen molar-refractivity contribution in [2.24, 2.45) is 0 Å². The van der Waals surface area contributed by atoms with Gasteiger partial charge in [-0.15, -0.1) is 0 Å². The van der Waals surface area contributed by atoms with Gasteiger partial charge in [0.05, 0.1) is 18.4 Å². The van der Waals surface area contributed by atoms with Crippen LogP contribution < -0.4 is 10.1 Å². The highest BCUT2D eigenvalue weighted by Gasteiger charge is 2.16. The SMILES string of the molecule is COc1ccc(F)c(NC(=O)c2cccc(F)c2F)c1. The number of ether oxygens (including phenoxy) is 1. The van der Waals surface area contributed by atoms with E-state index in [1.54, 1.807) is 0 Å². The van der Waals surface area contributed by atoms with Crippen molar-refractivity contribution in [2.45, 2.75) is 0 Å². The van der Waals surface area contributed by atoms with Gasteiger partial charge in [0, 0.05) is 6.07 Å². The summed E-state index contributed by atoms with van der Waals surface area (Å²) < 4.78 is 44.9. The molecule has 0 aromatic heterocycles. The molecule has 2 aromatic carbocycles. The fraction of sp³-hybridized carbons (Fsp3) is 0.0714. The molecule has 0 fully saturated rings. The molecular weight excluding hydrogens is 271 g/mol. The molecule has 0 unspecified atom stereocenters. The van der Waals surface area contributed by atoms with Crippen LogP contribution in [0.2, 0.25) is 0 Å². The van der Waals surface area contributed by atoms with Crippen molar-refractivity contribution in [3.05, 3.63) is 59.4 Å². The van der Waals surface area contributed by atoms with E-state index in [9.17, 15) is 18.0 Å². The highest BCUT2D eigenvalue weighted by molar-refractivity contribution is 6.04. The third-order valence-corrected chi connectivity index (χ3v) is 2.62. The van der Waals surface area contributed by atoms with E-state index in [0.29, 0.717) is 5.75 Å². The minimum absolute atomic E-state index is 0.182. The van der Waals surface area contributed by atoms with E-state index in [-0.39, 0.29) is 5.69 Å². The second kappa shape index (κ2) is 5.64. The van der Waals surface area contributed by atoms with Crippen molar-refractivity contribution in [1.29, 1.82) is 0 Å². The number of hydrogen-bond donors (Lipinski definition) is 1. The highest BCUT2D eigenvalue weighted by Crippen LogP contribution is 2.22. The van der Waals surface area contributed by atoms with Crippen LogP contribution in [-0.4, -0.2) is 13.0 Å². The van der Waals surface area contributed by atoms with E-state index in [1.807, 2.05) is 0 Å². The Morgan fingerprint density at radius 2 is 1.85 bits per heavy atom. The molecule has 0 aliphatic heterocycles. The van der Waals surface area contributed by atoms with Crippen molar-refractivity contribution < 1.29 is 22.7 Å². The normalized spacial score (nSPS) is 10.2. The number of amides is 1. The van der Waals surface area contributed by atoms with Gasteiger partial charge in [-0.3, -0.25) is 4.79 Å². The van der Waals surface area contributed by atoms with Gasteiger partial charge < -0.3 is 10.1 Å². The largest absolute Gasteiger partial charge is 0.497 e. The number of benzene rings is 2. The molecule has 0 spiro atoms. The van der Waals surface area contributed by atoms with Crippen molar-refractivity contribution in [3.8, 4) is 5.75 Å². The van der Waals surface area contributed by atoms with Gasteiger partial charge in [0.1, 0.15) is 11.6 Å². The molecule has 0 heterocycles. The fourth-order valence-electron chi connectivity index (χ4n) is 1.60. The maximum absolute atomic E-state index is 13.5. The first-order valence-corrected chi connectivity index (χ1v) is 5.62. The number of carbonyl (C=O) groups is 1. The average molecular weight is 281 g/mol. The molecule has 1 N–H and O–H groups in total. The summed E-state index contributed by atoms with van der Waals surface area (Å²) in [7, 11) is 1.38. The molecule has 20 heavy (non-hydrogen) atoms. The van der Waals surface area contributed by atoms with Crippen LogP contribution in [0.4, 0.5) is 18.9 Å². The lowest BCUT2D eigenvalue weighted by atomic mass is 10.2. The quantitative estimate of drug-likeness (QED) is 0.936. The molecule has 0 aliphatic carbocycles. The monoisotopic (exact) mass is 281 g/mol. The Hall–Kier alpha value is -2.50. The molecule has 2 aromatic rings. The second-order valence-electron chi connectivity index (χ2n) is 3.90. The lowest BCUT2D eigenvalue weighted by Crippen LogP contribution is -2.15. The summed E-state index contributed by atoms with van der Waals surface area (Å²) >= 11 is 0. The summed E-state index contributed by atoms with van der Waals surface area (Å²) in [6, 6.07) is 6.88. The molecule has 0 radical (unpaired) electrons. The van der Waals surface area contributed by atoms with Crippen LogP contribution in [0.3, 0.4) is 0 Å². The maximum Gasteiger partial charge on any atom is 0.258 e. The van der Waals surface area contributed by atoms with E-state index in [0.717, 1.165) is 18.2 Å². The number of rotatable bonds is 3. The van der Waals surface area contributed by atoms with Crippen LogP contribution in [0, 0.1) is 17.5 Å². The number of anilines is 1. The Morgan fingerprint density at radius 1 is 1.10 bits per heavy atom. The molecule has 0 saturated heterocycles. The summed E-state index contributed by atoms with van der Waals surface area (Å²) in [4.78, 5) is 11.8. The summed E-state index contributed by atoms with van der Waals surface area (Å²) in [6.07, 6.45) is 0. The van der Waals surface area contributed by atoms with Crippen molar-refractivity contribution in [1.82, 2.24) is 0 Å². The topological polar surface area (TPSA) is 38.3 Å². The van der Waals surface area contributed by atoms with Gasteiger partial charge in [-0.2, -0.15) is 0 Å². The Morgan fingerprint density at radius 3 is 2.55 bits per heavy atom. The fourth-order valence-corrected chi connectivity index (χ4v) is 1.60. The molecule has 0 bridgehead atoms. The molecule has 0 aliphatic rings. The van der Waals surface area contributed by atoms with E-state index in [4.69, 9.17) is 4.74 Å². The minimum Gasteiger partial charge on any atom is -0.497 e. The number of nitrogens with one attached hydrogen (secondary N) is 1. The molecule has 2 rings (SSSR count). The predicted molar refractivity (Wildman–Crippen MR) is 67.3 cm³/mol. The lowest BCUT2D eigenvalue weighted by Gasteiger charge is -2.09. The lowest BCUT2D eigenvalue weighted by molar-refractivity contribution is 0.102. The van der Waals surface area contributed by atoms with Crippen molar-refractivity contribution >= 4 is 11.6 Å². The van der Waals surface area contributed by atoms with Crippen LogP contribution in [0.25, 0.3) is 0 Å². The zero-order valence-corrected chi connectivity index (χ0v) is 10.4. The molecule has 0 atom stereocenters. The zero-order chi connectivity index (χ0) is 14.7. The number of hydrogen-bond acceptors (Lipinski definition) is 2. The summed E-state index contributed by atoms with van der Waals surface area (Å²) in [5.41, 5.74) is -0.690. The molecule has 6 heteroatoms. The maximum atomic E-state index is 13.5. The minimum atomic E-state index is -1.28. The molecule has 3 nitrogen and oxygen atoms in total. The summed E-state index contributed by atoms with van der Waals surface area (Å²) in [6.45, 7) is 0. The van der Waals surface area contributed by atoms with Gasteiger partial charge in [-0.05, 0) is 24.3 Å². The van der Waals surface area contributed by atoms with E-state index < -0.39 is 28.9 Å². The summed E-state index contributed by atoms with van der Waals surface area (Å²) in [5.74, 6) is -3.77. The number of carbonyl (C=O) groups excluding carboxylic acids is 1. The van der Waals surface area contributed by atoms with Crippen LogP contribution >= 0.6 is 0 Å². The van der Waals surface area contributed by atoms with Crippen molar-refractivity contribution in [3.63, 3.8) is 0 Å². The first kappa shape index (κ1) is 13.9. The smallest absolute Gasteiger partial charge is 0.258 e. The van der Waals surface area contributed by atoms with Crippen molar-refractivity contribution in [2.75, 3.05) is 12.4 Å². The Kier molecular flexibility index (Phi) is 3.93. The molecule has 0 saturated carbocycles. The van der Waals surface area contributed by atoms with E-state index in [2.05, 4.69) is 5.32 Å². The summed E-state index contributed by atoms with van der Waals surface area (Å²) in [5, 5.41) is 2.17. The van der Waals surface area contributed by atoms with Gasteiger partial charge in [0.2, 0.25) is 0 Å². The number of methoxy groups -OCH3 is 1. The molecule has 104 valence electrons. The Balaban J connectivity index is 2.30. The second-order valence-corrected chi connectivity index (χ2v) is 3.90. The molecule has 1 amide bonds. The van der Waals surface area contributed by atoms with E-state index in [1.165, 1.54) is 25.3 Å². The Bertz CT molecular complexity index is 659. The first-order chi connectivity index (χ1) is 9.52. The zero-order valence-electron chi connectivity index (χ0n) is 10.4. The third-order valence-electron chi connectivity index (χ3n) is 2.62. The van der Waals surface area contributed by atoms with Crippen LogP contribution in [0.1, 0.15) is 10.4 Å². The first-order valence-electron chi connectivity index (χ1n) is 5.62. The van der Waals surface area contributed by atoms with Crippen LogP contribution in [0.5, 0.6) is 5.75 Å². The average Bonchev–Trinajstić information content (AvgIpc) is 2.44. The van der Waals surface area contributed by atoms with Gasteiger partial charge >= 0.3 is 0 Å². The van der Waals surface area contributed by atoms with E-state index >= 15 is 0 Å². The van der Waals surface area contributed by atoms with Crippen LogP contribution in [0.15, 0.2) is 36.4 Å². The highest BCUT2D eigenvalue weighted by atomic mass is 19.2. The Labute approximate surface area is 113 Å². The molecular formula is C14H10F3NO2. The standard InChI is InChI=1S/C14H10F3NO2/c1-20-8-5-6-10(15)12(7-8)18-14(19)9-3-2-4-11(16)13(9)17/h2-7H,1H3,(H,18,19). The third kappa shape index (κ3) is 2.74. The van der Waals surface area contributed by atoms with Gasteiger partial charge in [-0.1, -0.05) is 6.07 Å². The number of halogens is 3. The van der Waals surface area contributed by atoms with Gasteiger partial charge in [0.15, 0.2) is 11.6 Å². The van der Waals surface area contributed by atoms with Crippen LogP contribution in [-0.2, 0) is 0 Å².